The molecule has 1 heterocycles. The molecule has 2 N–H and O–H groups in total. The maximum absolute atomic E-state index is 12.2. The van der Waals surface area contributed by atoms with Gasteiger partial charge in [-0.3, -0.25) is 9.59 Å². The molecular weight excluding hydrogens is 290 g/mol. The third-order valence-corrected chi connectivity index (χ3v) is 3.10. The number of rotatable bonds is 5. The minimum Gasteiger partial charge on any atom is -0.355 e. The number of aromatic nitrogens is 1. The first-order chi connectivity index (χ1) is 10.1. The number of carbonyl (C=O) groups excluding carboxylic acids is 2. The second kappa shape index (κ2) is 7.04. The molecule has 0 aliphatic heterocycles. The summed E-state index contributed by atoms with van der Waals surface area (Å²) in [5.41, 5.74) is 1.06. The summed E-state index contributed by atoms with van der Waals surface area (Å²) in [4.78, 5) is 27.9. The zero-order valence-corrected chi connectivity index (χ0v) is 12.4. The lowest BCUT2D eigenvalue weighted by Crippen LogP contribution is -2.37. The summed E-state index contributed by atoms with van der Waals surface area (Å²) >= 11 is 5.93. The molecule has 6 heteroatoms. The largest absolute Gasteiger partial charge is 0.355 e. The molecule has 110 valence electrons. The highest BCUT2D eigenvalue weighted by atomic mass is 35.5. The SMILES string of the molecule is CCCNC(=O)CNC(=O)c1cc(Cl)nc2ccccc12. The van der Waals surface area contributed by atoms with E-state index in [1.165, 1.54) is 6.07 Å². The summed E-state index contributed by atoms with van der Waals surface area (Å²) in [5, 5.41) is 6.23. The Balaban J connectivity index is 2.14. The summed E-state index contributed by atoms with van der Waals surface area (Å²) in [6, 6.07) is 8.73. The van der Waals surface area contributed by atoms with Gasteiger partial charge in [0.1, 0.15) is 5.15 Å². The van der Waals surface area contributed by atoms with Crippen LogP contribution in [0.4, 0.5) is 0 Å². The first-order valence-corrected chi connectivity index (χ1v) is 7.09. The minimum absolute atomic E-state index is 0.0624. The molecule has 5 nitrogen and oxygen atoms in total. The van der Waals surface area contributed by atoms with Gasteiger partial charge in [-0.1, -0.05) is 36.7 Å². The number of carbonyl (C=O) groups is 2. The molecule has 21 heavy (non-hydrogen) atoms. The van der Waals surface area contributed by atoms with Gasteiger partial charge < -0.3 is 10.6 Å². The lowest BCUT2D eigenvalue weighted by atomic mass is 10.1. The number of amides is 2. The number of hydrogen-bond donors (Lipinski definition) is 2. The quantitative estimate of drug-likeness (QED) is 0.831. The fourth-order valence-electron chi connectivity index (χ4n) is 1.91. The van der Waals surface area contributed by atoms with E-state index in [0.29, 0.717) is 23.0 Å². The van der Waals surface area contributed by atoms with Crippen LogP contribution >= 0.6 is 11.6 Å². The Kier molecular flexibility index (Phi) is 5.11. The Morgan fingerprint density at radius 2 is 2.00 bits per heavy atom. The topological polar surface area (TPSA) is 71.1 Å². The molecule has 1 aromatic heterocycles. The van der Waals surface area contributed by atoms with Crippen molar-refractivity contribution in [2.24, 2.45) is 0 Å². The van der Waals surface area contributed by atoms with Crippen molar-refractivity contribution in [2.75, 3.05) is 13.1 Å². The lowest BCUT2D eigenvalue weighted by molar-refractivity contribution is -0.120. The van der Waals surface area contributed by atoms with E-state index in [-0.39, 0.29) is 23.5 Å². The minimum atomic E-state index is -0.345. The number of halogens is 1. The van der Waals surface area contributed by atoms with E-state index in [9.17, 15) is 9.59 Å². The second-order valence-corrected chi connectivity index (χ2v) is 4.93. The fraction of sp³-hybridized carbons (Fsp3) is 0.267. The molecule has 0 aliphatic carbocycles. The highest BCUT2D eigenvalue weighted by molar-refractivity contribution is 6.30. The van der Waals surface area contributed by atoms with Crippen molar-refractivity contribution < 1.29 is 9.59 Å². The Labute approximate surface area is 127 Å². The molecule has 0 fully saturated rings. The Hall–Kier alpha value is -2.14. The van der Waals surface area contributed by atoms with Gasteiger partial charge in [0.2, 0.25) is 5.91 Å². The van der Waals surface area contributed by atoms with Gasteiger partial charge in [0.25, 0.3) is 5.91 Å². The predicted molar refractivity (Wildman–Crippen MR) is 82.4 cm³/mol. The van der Waals surface area contributed by atoms with Crippen LogP contribution in [0.25, 0.3) is 10.9 Å². The van der Waals surface area contributed by atoms with Crippen molar-refractivity contribution in [1.29, 1.82) is 0 Å². The van der Waals surface area contributed by atoms with Gasteiger partial charge in [0, 0.05) is 11.9 Å². The van der Waals surface area contributed by atoms with Crippen LogP contribution < -0.4 is 10.6 Å². The first-order valence-electron chi connectivity index (χ1n) is 6.72. The molecule has 0 unspecified atom stereocenters. The van der Waals surface area contributed by atoms with E-state index in [1.54, 1.807) is 12.1 Å². The van der Waals surface area contributed by atoms with Crippen LogP contribution in [0.3, 0.4) is 0 Å². The van der Waals surface area contributed by atoms with Crippen LogP contribution in [0.2, 0.25) is 5.15 Å². The summed E-state index contributed by atoms with van der Waals surface area (Å²) in [6.07, 6.45) is 0.851. The van der Waals surface area contributed by atoms with Gasteiger partial charge in [-0.05, 0) is 18.6 Å². The van der Waals surface area contributed by atoms with Crippen LogP contribution in [0, 0.1) is 0 Å². The number of benzene rings is 1. The molecule has 0 spiro atoms. The second-order valence-electron chi connectivity index (χ2n) is 4.54. The summed E-state index contributed by atoms with van der Waals surface area (Å²) in [5.74, 6) is -0.559. The molecule has 2 amide bonds. The van der Waals surface area contributed by atoms with E-state index in [0.717, 1.165) is 6.42 Å². The number of nitrogens with zero attached hydrogens (tertiary/aromatic N) is 1. The molecule has 2 aromatic rings. The molecule has 0 saturated heterocycles. The third kappa shape index (κ3) is 3.92. The third-order valence-electron chi connectivity index (χ3n) is 2.91. The number of nitrogens with one attached hydrogen (secondary N) is 2. The molecule has 0 radical (unpaired) electrons. The van der Waals surface area contributed by atoms with Crippen LogP contribution in [0.15, 0.2) is 30.3 Å². The summed E-state index contributed by atoms with van der Waals surface area (Å²) in [7, 11) is 0. The maximum atomic E-state index is 12.2. The lowest BCUT2D eigenvalue weighted by Gasteiger charge is -2.08. The summed E-state index contributed by atoms with van der Waals surface area (Å²) < 4.78 is 0. The molecule has 2 rings (SSSR count). The zero-order chi connectivity index (χ0) is 15.2. The zero-order valence-electron chi connectivity index (χ0n) is 11.6. The van der Waals surface area contributed by atoms with Crippen LogP contribution in [-0.4, -0.2) is 29.9 Å². The van der Waals surface area contributed by atoms with Crippen molar-refractivity contribution in [3.8, 4) is 0 Å². The molecule has 0 atom stereocenters. The van der Waals surface area contributed by atoms with Gasteiger partial charge in [-0.2, -0.15) is 0 Å². The Morgan fingerprint density at radius 1 is 1.24 bits per heavy atom. The van der Waals surface area contributed by atoms with E-state index in [2.05, 4.69) is 15.6 Å². The van der Waals surface area contributed by atoms with Crippen molar-refractivity contribution in [2.45, 2.75) is 13.3 Å². The normalized spacial score (nSPS) is 10.4. The van der Waals surface area contributed by atoms with E-state index in [4.69, 9.17) is 11.6 Å². The predicted octanol–water partition coefficient (Wildman–Crippen LogP) is 2.14. The van der Waals surface area contributed by atoms with Crippen LogP contribution in [-0.2, 0) is 4.79 Å². The first kappa shape index (κ1) is 15.3. The molecule has 0 saturated carbocycles. The van der Waals surface area contributed by atoms with Crippen molar-refractivity contribution in [3.05, 3.63) is 41.0 Å². The van der Waals surface area contributed by atoms with E-state index < -0.39 is 0 Å². The van der Waals surface area contributed by atoms with Crippen molar-refractivity contribution in [1.82, 2.24) is 15.6 Å². The van der Waals surface area contributed by atoms with Crippen LogP contribution in [0.1, 0.15) is 23.7 Å². The number of para-hydroxylation sites is 1. The Bertz CT molecular complexity index is 673. The smallest absolute Gasteiger partial charge is 0.252 e. The van der Waals surface area contributed by atoms with Gasteiger partial charge in [-0.15, -0.1) is 0 Å². The van der Waals surface area contributed by atoms with Gasteiger partial charge in [0.15, 0.2) is 0 Å². The van der Waals surface area contributed by atoms with Crippen LogP contribution in [0.5, 0.6) is 0 Å². The highest BCUT2D eigenvalue weighted by Gasteiger charge is 2.13. The van der Waals surface area contributed by atoms with Gasteiger partial charge in [-0.25, -0.2) is 4.98 Å². The average molecular weight is 306 g/mol. The van der Waals surface area contributed by atoms with Gasteiger partial charge >= 0.3 is 0 Å². The number of hydrogen-bond acceptors (Lipinski definition) is 3. The Morgan fingerprint density at radius 3 is 2.76 bits per heavy atom. The van der Waals surface area contributed by atoms with E-state index >= 15 is 0 Å². The molecule has 0 aliphatic rings. The maximum Gasteiger partial charge on any atom is 0.252 e. The van der Waals surface area contributed by atoms with Crippen molar-refractivity contribution >= 4 is 34.3 Å². The average Bonchev–Trinajstić information content (AvgIpc) is 2.49. The summed E-state index contributed by atoms with van der Waals surface area (Å²) in [6.45, 7) is 2.50. The monoisotopic (exact) mass is 305 g/mol. The molecule has 1 aromatic carbocycles. The molecule has 0 bridgehead atoms. The molecular formula is C15H16ClN3O2. The number of pyridine rings is 1. The fourth-order valence-corrected chi connectivity index (χ4v) is 2.11. The highest BCUT2D eigenvalue weighted by Crippen LogP contribution is 2.20. The van der Waals surface area contributed by atoms with Gasteiger partial charge in [0.05, 0.1) is 17.6 Å². The number of fused-ring (bicyclic) bond motifs is 1. The standard InChI is InChI=1S/C15H16ClN3O2/c1-2-7-17-14(20)9-18-15(21)11-8-13(16)19-12-6-4-3-5-10(11)12/h3-6,8H,2,7,9H2,1H3,(H,17,20)(H,18,21). The van der Waals surface area contributed by atoms with Crippen molar-refractivity contribution in [3.63, 3.8) is 0 Å². The van der Waals surface area contributed by atoms with E-state index in [1.807, 2.05) is 19.1 Å².